The van der Waals surface area contributed by atoms with Crippen LogP contribution in [0, 0.1) is 5.92 Å². The summed E-state index contributed by atoms with van der Waals surface area (Å²) in [6.07, 6.45) is 4.01. The highest BCUT2D eigenvalue weighted by molar-refractivity contribution is 7.99. The lowest BCUT2D eigenvalue weighted by Crippen LogP contribution is -2.30. The lowest BCUT2D eigenvalue weighted by molar-refractivity contribution is -0.116. The summed E-state index contributed by atoms with van der Waals surface area (Å²) in [6.45, 7) is 2.98. The first-order chi connectivity index (χ1) is 13.6. The third-order valence-corrected chi connectivity index (χ3v) is 7.67. The van der Waals surface area contributed by atoms with Crippen LogP contribution in [-0.2, 0) is 24.1 Å². The number of nitrogens with one attached hydrogen (secondary N) is 1. The fraction of sp³-hybridized carbons (Fsp3) is 0.381. The highest BCUT2D eigenvalue weighted by Crippen LogP contribution is 2.36. The van der Waals surface area contributed by atoms with Crippen LogP contribution in [0.25, 0.3) is 10.2 Å². The number of thiophene rings is 1. The number of carbonyl (C=O) groups is 1. The summed E-state index contributed by atoms with van der Waals surface area (Å²) in [7, 11) is 0. The molecule has 0 fully saturated rings. The van der Waals surface area contributed by atoms with Gasteiger partial charge in [0.1, 0.15) is 4.83 Å². The van der Waals surface area contributed by atoms with Crippen molar-refractivity contribution in [2.24, 2.45) is 5.92 Å². The molecule has 0 bridgehead atoms. The van der Waals surface area contributed by atoms with Crippen LogP contribution < -0.4 is 10.5 Å². The standard InChI is InChI=1S/C21H21N3O2S2/c1-12-6-7-14-16(10-12)28-20-18(14)19(26)22-21(23-20)27-11-17(25)24-9-8-13-4-2-3-5-15(13)24/h2-5,12H,6-11H2,1H3,(H,22,23,26). The lowest BCUT2D eigenvalue weighted by Gasteiger charge is -2.17. The van der Waals surface area contributed by atoms with Gasteiger partial charge in [-0.1, -0.05) is 36.9 Å². The fourth-order valence-electron chi connectivity index (χ4n) is 4.20. The predicted octanol–water partition coefficient (Wildman–Crippen LogP) is 3.79. The van der Waals surface area contributed by atoms with E-state index in [9.17, 15) is 9.59 Å². The number of rotatable bonds is 3. The Bertz CT molecular complexity index is 1130. The molecular weight excluding hydrogens is 390 g/mol. The number of hydrogen-bond donors (Lipinski definition) is 1. The Morgan fingerprint density at radius 1 is 1.36 bits per heavy atom. The number of amides is 1. The molecule has 1 unspecified atom stereocenters. The summed E-state index contributed by atoms with van der Waals surface area (Å²) in [5.41, 5.74) is 3.34. The molecule has 28 heavy (non-hydrogen) atoms. The fourth-order valence-corrected chi connectivity index (χ4v) is 6.38. The molecule has 2 aliphatic rings. The Kier molecular flexibility index (Phi) is 4.51. The van der Waals surface area contributed by atoms with Crippen LogP contribution >= 0.6 is 23.1 Å². The number of benzene rings is 1. The molecule has 1 aliphatic carbocycles. The zero-order chi connectivity index (χ0) is 19.3. The summed E-state index contributed by atoms with van der Waals surface area (Å²) in [6, 6.07) is 8.03. The molecule has 0 spiro atoms. The molecule has 2 aromatic heterocycles. The van der Waals surface area contributed by atoms with Gasteiger partial charge in [0, 0.05) is 17.1 Å². The van der Waals surface area contributed by atoms with E-state index in [1.54, 1.807) is 11.3 Å². The number of aromatic nitrogens is 2. The largest absolute Gasteiger partial charge is 0.311 e. The predicted molar refractivity (Wildman–Crippen MR) is 115 cm³/mol. The average molecular weight is 412 g/mol. The highest BCUT2D eigenvalue weighted by atomic mass is 32.2. The molecule has 0 saturated carbocycles. The van der Waals surface area contributed by atoms with Gasteiger partial charge >= 0.3 is 0 Å². The molecular formula is C21H21N3O2S2. The molecule has 5 rings (SSSR count). The molecule has 0 radical (unpaired) electrons. The summed E-state index contributed by atoms with van der Waals surface area (Å²) in [4.78, 5) is 36.9. The monoisotopic (exact) mass is 411 g/mol. The highest BCUT2D eigenvalue weighted by Gasteiger charge is 2.25. The van der Waals surface area contributed by atoms with E-state index in [2.05, 4.69) is 23.0 Å². The molecule has 1 aromatic carbocycles. The van der Waals surface area contributed by atoms with E-state index < -0.39 is 0 Å². The van der Waals surface area contributed by atoms with Gasteiger partial charge < -0.3 is 9.88 Å². The first-order valence-electron chi connectivity index (χ1n) is 9.66. The van der Waals surface area contributed by atoms with Gasteiger partial charge in [0.15, 0.2) is 5.16 Å². The number of para-hydroxylation sites is 1. The molecule has 1 amide bonds. The van der Waals surface area contributed by atoms with E-state index in [-0.39, 0.29) is 17.2 Å². The summed E-state index contributed by atoms with van der Waals surface area (Å²) >= 11 is 2.96. The van der Waals surface area contributed by atoms with E-state index in [0.717, 1.165) is 48.1 Å². The third kappa shape index (κ3) is 3.06. The van der Waals surface area contributed by atoms with Crippen molar-refractivity contribution in [2.75, 3.05) is 17.2 Å². The minimum absolute atomic E-state index is 0.0528. The molecule has 0 saturated heterocycles. The second-order valence-electron chi connectivity index (χ2n) is 7.62. The number of thioether (sulfide) groups is 1. The number of aromatic amines is 1. The molecule has 3 heterocycles. The van der Waals surface area contributed by atoms with Gasteiger partial charge in [-0.3, -0.25) is 9.59 Å². The van der Waals surface area contributed by atoms with Crippen molar-refractivity contribution < 1.29 is 4.79 Å². The number of aryl methyl sites for hydroxylation is 1. The van der Waals surface area contributed by atoms with Crippen molar-refractivity contribution in [3.05, 3.63) is 50.6 Å². The van der Waals surface area contributed by atoms with Crippen molar-refractivity contribution >= 4 is 44.9 Å². The van der Waals surface area contributed by atoms with Crippen molar-refractivity contribution in [1.82, 2.24) is 9.97 Å². The maximum absolute atomic E-state index is 12.7. The Balaban J connectivity index is 1.36. The van der Waals surface area contributed by atoms with Crippen LogP contribution in [0.4, 0.5) is 5.69 Å². The maximum atomic E-state index is 12.7. The van der Waals surface area contributed by atoms with Gasteiger partial charge in [-0.15, -0.1) is 11.3 Å². The SMILES string of the molecule is CC1CCc2c(sc3nc(SCC(=O)N4CCc5ccccc54)[nH]c(=O)c23)C1. The molecule has 1 aliphatic heterocycles. The third-order valence-electron chi connectivity index (χ3n) is 5.66. The first-order valence-corrected chi connectivity index (χ1v) is 11.5. The number of H-pyrrole nitrogens is 1. The summed E-state index contributed by atoms with van der Waals surface area (Å²) in [5.74, 6) is 0.983. The zero-order valence-corrected chi connectivity index (χ0v) is 17.3. The lowest BCUT2D eigenvalue weighted by atomic mass is 9.89. The Morgan fingerprint density at radius 2 is 2.21 bits per heavy atom. The molecule has 1 N–H and O–H groups in total. The van der Waals surface area contributed by atoms with Crippen LogP contribution in [0.5, 0.6) is 0 Å². The first kappa shape index (κ1) is 17.9. The van der Waals surface area contributed by atoms with Crippen molar-refractivity contribution in [3.63, 3.8) is 0 Å². The van der Waals surface area contributed by atoms with Crippen LogP contribution in [0.1, 0.15) is 29.3 Å². The van der Waals surface area contributed by atoms with Crippen molar-refractivity contribution in [2.45, 2.75) is 37.8 Å². The molecule has 1 atom stereocenters. The Morgan fingerprint density at radius 3 is 3.11 bits per heavy atom. The topological polar surface area (TPSA) is 66.1 Å². The Hall–Kier alpha value is -2.12. The quantitative estimate of drug-likeness (QED) is 0.526. The van der Waals surface area contributed by atoms with Crippen LogP contribution in [0.3, 0.4) is 0 Å². The molecule has 5 nitrogen and oxygen atoms in total. The van der Waals surface area contributed by atoms with Crippen LogP contribution in [-0.4, -0.2) is 28.2 Å². The summed E-state index contributed by atoms with van der Waals surface area (Å²) < 4.78 is 0. The molecule has 3 aromatic rings. The number of hydrogen-bond acceptors (Lipinski definition) is 5. The van der Waals surface area contributed by atoms with E-state index in [1.807, 2.05) is 23.1 Å². The van der Waals surface area contributed by atoms with Crippen molar-refractivity contribution in [1.29, 1.82) is 0 Å². The second-order valence-corrected chi connectivity index (χ2v) is 9.66. The number of fused-ring (bicyclic) bond motifs is 4. The number of carbonyl (C=O) groups excluding carboxylic acids is 1. The second kappa shape index (κ2) is 7.04. The van der Waals surface area contributed by atoms with Crippen LogP contribution in [0.15, 0.2) is 34.2 Å². The molecule has 144 valence electrons. The minimum atomic E-state index is -0.0708. The Labute approximate surface area is 171 Å². The van der Waals surface area contributed by atoms with E-state index in [4.69, 9.17) is 0 Å². The van der Waals surface area contributed by atoms with E-state index >= 15 is 0 Å². The smallest absolute Gasteiger partial charge is 0.260 e. The van der Waals surface area contributed by atoms with E-state index in [0.29, 0.717) is 11.1 Å². The van der Waals surface area contributed by atoms with E-state index in [1.165, 1.54) is 27.8 Å². The normalized spacial score (nSPS) is 18.3. The van der Waals surface area contributed by atoms with Crippen LogP contribution in [0.2, 0.25) is 0 Å². The van der Waals surface area contributed by atoms with Gasteiger partial charge in [0.25, 0.3) is 5.56 Å². The molecule has 7 heteroatoms. The van der Waals surface area contributed by atoms with Gasteiger partial charge in [-0.05, 0) is 48.8 Å². The average Bonchev–Trinajstić information content (AvgIpc) is 3.27. The van der Waals surface area contributed by atoms with Gasteiger partial charge in [-0.2, -0.15) is 0 Å². The minimum Gasteiger partial charge on any atom is -0.311 e. The van der Waals surface area contributed by atoms with Gasteiger partial charge in [0.05, 0.1) is 11.1 Å². The number of anilines is 1. The maximum Gasteiger partial charge on any atom is 0.260 e. The number of nitrogens with zero attached hydrogens (tertiary/aromatic N) is 2. The van der Waals surface area contributed by atoms with Crippen molar-refractivity contribution in [3.8, 4) is 0 Å². The van der Waals surface area contributed by atoms with Gasteiger partial charge in [0.2, 0.25) is 5.91 Å². The zero-order valence-electron chi connectivity index (χ0n) is 15.7. The van der Waals surface area contributed by atoms with Gasteiger partial charge in [-0.25, -0.2) is 4.98 Å². The summed E-state index contributed by atoms with van der Waals surface area (Å²) in [5, 5.41) is 1.29.